The number of hydrogen-bond donors (Lipinski definition) is 3. The summed E-state index contributed by atoms with van der Waals surface area (Å²) in [6.45, 7) is 2.37. The first-order chi connectivity index (χ1) is 18.2. The Morgan fingerprint density at radius 1 is 1.03 bits per heavy atom. The summed E-state index contributed by atoms with van der Waals surface area (Å²) >= 11 is 0. The van der Waals surface area contributed by atoms with Crippen molar-refractivity contribution in [3.05, 3.63) is 70.4 Å². The molecule has 0 spiro atoms. The number of amides is 2. The van der Waals surface area contributed by atoms with Crippen LogP contribution in [-0.2, 0) is 15.7 Å². The number of nitrogens with one attached hydrogen (secondary N) is 3. The van der Waals surface area contributed by atoms with E-state index in [1.165, 1.54) is 19.2 Å². The van der Waals surface area contributed by atoms with Gasteiger partial charge >= 0.3 is 6.18 Å². The number of alkyl halides is 3. The lowest BCUT2D eigenvalue weighted by atomic mass is 10.1. The minimum Gasteiger partial charge on any atom is -0.378 e. The Morgan fingerprint density at radius 2 is 1.82 bits per heavy atom. The van der Waals surface area contributed by atoms with Crippen molar-refractivity contribution in [2.45, 2.75) is 6.18 Å². The Morgan fingerprint density at radius 3 is 2.55 bits per heavy atom. The molecule has 0 saturated carbocycles. The molecule has 2 aromatic carbocycles. The van der Waals surface area contributed by atoms with E-state index in [9.17, 15) is 22.8 Å². The molecule has 3 aromatic rings. The van der Waals surface area contributed by atoms with E-state index in [1.807, 2.05) is 4.90 Å². The van der Waals surface area contributed by atoms with Gasteiger partial charge in [0.05, 0.1) is 41.1 Å². The SMILES string of the molecule is CNC(=O)c1cc(N2CCOCC2)ccc1Nc1cc(Nc2ccc3c(c2)=CC(=O)N=3)ncc1C(F)(F)F. The Bertz CT molecular complexity index is 1530. The molecule has 1 fully saturated rings. The third-order valence-corrected chi connectivity index (χ3v) is 6.14. The van der Waals surface area contributed by atoms with E-state index >= 15 is 0 Å². The number of anilines is 5. The highest BCUT2D eigenvalue weighted by Crippen LogP contribution is 2.38. The van der Waals surface area contributed by atoms with Crippen LogP contribution in [0.1, 0.15) is 15.9 Å². The van der Waals surface area contributed by atoms with E-state index < -0.39 is 17.6 Å². The van der Waals surface area contributed by atoms with Gasteiger partial charge in [-0.15, -0.1) is 0 Å². The number of rotatable bonds is 6. The van der Waals surface area contributed by atoms with Crippen LogP contribution in [0.15, 0.2) is 53.7 Å². The second-order valence-electron chi connectivity index (χ2n) is 8.64. The molecule has 1 aromatic heterocycles. The molecule has 38 heavy (non-hydrogen) atoms. The van der Waals surface area contributed by atoms with Gasteiger partial charge in [0.25, 0.3) is 11.8 Å². The normalized spacial score (nSPS) is 14.8. The van der Waals surface area contributed by atoms with Crippen LogP contribution in [-0.4, -0.2) is 50.1 Å². The minimum atomic E-state index is -4.70. The number of ether oxygens (including phenoxy) is 1. The number of carbonyl (C=O) groups excluding carboxylic acids is 2. The van der Waals surface area contributed by atoms with Crippen molar-refractivity contribution in [2.75, 3.05) is 48.9 Å². The monoisotopic (exact) mass is 524 g/mol. The molecule has 0 atom stereocenters. The fraction of sp³-hybridized carbons (Fsp3) is 0.231. The van der Waals surface area contributed by atoms with Crippen molar-refractivity contribution >= 4 is 46.5 Å². The molecular formula is C26H23F3N6O3. The lowest BCUT2D eigenvalue weighted by molar-refractivity contribution is -0.137. The first kappa shape index (κ1) is 25.2. The second-order valence-corrected chi connectivity index (χ2v) is 8.64. The summed E-state index contributed by atoms with van der Waals surface area (Å²) in [6.07, 6.45) is -2.60. The lowest BCUT2D eigenvalue weighted by Gasteiger charge is -2.29. The van der Waals surface area contributed by atoms with Gasteiger partial charge in [-0.05, 0) is 36.4 Å². The fourth-order valence-electron chi connectivity index (χ4n) is 4.26. The van der Waals surface area contributed by atoms with Crippen molar-refractivity contribution in [3.8, 4) is 0 Å². The highest BCUT2D eigenvalue weighted by atomic mass is 19.4. The van der Waals surface area contributed by atoms with Gasteiger partial charge < -0.3 is 25.6 Å². The van der Waals surface area contributed by atoms with Gasteiger partial charge in [0.1, 0.15) is 5.82 Å². The average Bonchev–Trinajstić information content (AvgIpc) is 3.27. The van der Waals surface area contributed by atoms with Crippen LogP contribution in [0, 0.1) is 0 Å². The smallest absolute Gasteiger partial charge is 0.378 e. The van der Waals surface area contributed by atoms with Crippen LogP contribution < -0.4 is 31.4 Å². The summed E-state index contributed by atoms with van der Waals surface area (Å²) in [5.74, 6) is -0.686. The molecular weight excluding hydrogens is 501 g/mol. The highest BCUT2D eigenvalue weighted by Gasteiger charge is 2.34. The standard InChI is InChI=1S/C26H23F3N6O3/c1-30-25(37)18-12-17(35-6-8-38-9-7-35)3-5-21(18)33-22-13-23(31-14-19(22)26(27,28)29)32-16-2-4-20-15(10-16)11-24(36)34-20/h2-5,10-14H,6-9H2,1H3,(H,30,37)(H2,31,32,33). The molecule has 2 aliphatic heterocycles. The lowest BCUT2D eigenvalue weighted by Crippen LogP contribution is -2.36. The maximum atomic E-state index is 13.9. The molecule has 2 amide bonds. The Hall–Kier alpha value is -4.45. The molecule has 0 bridgehead atoms. The quantitative estimate of drug-likeness (QED) is 0.455. The third-order valence-electron chi connectivity index (χ3n) is 6.14. The molecule has 9 nitrogen and oxygen atoms in total. The van der Waals surface area contributed by atoms with Gasteiger partial charge in [0, 0.05) is 55.1 Å². The molecule has 0 radical (unpaired) electrons. The number of aromatic nitrogens is 1. The topological polar surface area (TPSA) is 108 Å². The molecule has 3 N–H and O–H groups in total. The highest BCUT2D eigenvalue weighted by molar-refractivity contribution is 6.06. The molecule has 196 valence electrons. The Balaban J connectivity index is 1.49. The van der Waals surface area contributed by atoms with Crippen molar-refractivity contribution in [1.82, 2.24) is 10.3 Å². The molecule has 1 saturated heterocycles. The van der Waals surface area contributed by atoms with E-state index in [4.69, 9.17) is 4.74 Å². The van der Waals surface area contributed by atoms with Crippen LogP contribution in [0.25, 0.3) is 6.08 Å². The Labute approximate surface area is 215 Å². The summed E-state index contributed by atoms with van der Waals surface area (Å²) in [6, 6.07) is 11.1. The molecule has 0 unspecified atom stereocenters. The van der Waals surface area contributed by atoms with Gasteiger partial charge in [-0.2, -0.15) is 13.2 Å². The van der Waals surface area contributed by atoms with Crippen LogP contribution in [0.4, 0.5) is 41.7 Å². The number of hydrogen-bond acceptors (Lipinski definition) is 7. The molecule has 0 aliphatic carbocycles. The van der Waals surface area contributed by atoms with Gasteiger partial charge in [-0.3, -0.25) is 9.59 Å². The van der Waals surface area contributed by atoms with Gasteiger partial charge in [0.2, 0.25) is 0 Å². The summed E-state index contributed by atoms with van der Waals surface area (Å²) < 4.78 is 47.0. The summed E-state index contributed by atoms with van der Waals surface area (Å²) in [5.41, 5.74) is 0.412. The zero-order chi connectivity index (χ0) is 26.9. The molecule has 12 heteroatoms. The van der Waals surface area contributed by atoms with Crippen LogP contribution in [0.3, 0.4) is 0 Å². The number of nitrogens with zero attached hydrogens (tertiary/aromatic N) is 3. The zero-order valence-electron chi connectivity index (χ0n) is 20.2. The average molecular weight is 525 g/mol. The number of benzene rings is 2. The maximum absolute atomic E-state index is 13.9. The number of halogens is 3. The Kier molecular flexibility index (Phi) is 6.72. The summed E-state index contributed by atoms with van der Waals surface area (Å²) in [5, 5.41) is 9.42. The van der Waals surface area contributed by atoms with Crippen LogP contribution >= 0.6 is 0 Å². The summed E-state index contributed by atoms with van der Waals surface area (Å²) in [7, 11) is 1.46. The maximum Gasteiger partial charge on any atom is 0.419 e. The molecule has 5 rings (SSSR count). The zero-order valence-corrected chi connectivity index (χ0v) is 20.2. The first-order valence-electron chi connectivity index (χ1n) is 11.8. The van der Waals surface area contributed by atoms with E-state index in [-0.39, 0.29) is 28.7 Å². The van der Waals surface area contributed by atoms with E-state index in [0.717, 1.165) is 11.9 Å². The minimum absolute atomic E-state index is 0.133. The number of carbonyl (C=O) groups is 2. The summed E-state index contributed by atoms with van der Waals surface area (Å²) in [4.78, 5) is 34.0. The number of morpholine rings is 1. The van der Waals surface area contributed by atoms with Crippen LogP contribution in [0.2, 0.25) is 0 Å². The number of pyridine rings is 1. The first-order valence-corrected chi connectivity index (χ1v) is 11.8. The van der Waals surface area contributed by atoms with E-state index in [1.54, 1.807) is 36.4 Å². The van der Waals surface area contributed by atoms with Crippen molar-refractivity contribution in [1.29, 1.82) is 0 Å². The largest absolute Gasteiger partial charge is 0.419 e. The molecule has 3 heterocycles. The molecule has 2 aliphatic rings. The van der Waals surface area contributed by atoms with Crippen molar-refractivity contribution in [3.63, 3.8) is 0 Å². The van der Waals surface area contributed by atoms with Gasteiger partial charge in [0.15, 0.2) is 0 Å². The third kappa shape index (κ3) is 5.30. The second kappa shape index (κ2) is 10.1. The van der Waals surface area contributed by atoms with Crippen molar-refractivity contribution < 1.29 is 27.5 Å². The van der Waals surface area contributed by atoms with E-state index in [0.29, 0.717) is 42.6 Å². The predicted octanol–water partition coefficient (Wildman–Crippen LogP) is 2.72. The predicted molar refractivity (Wildman–Crippen MR) is 135 cm³/mol. The van der Waals surface area contributed by atoms with E-state index in [2.05, 4.69) is 25.9 Å². The van der Waals surface area contributed by atoms with Crippen molar-refractivity contribution in [2.24, 2.45) is 4.99 Å². The fourth-order valence-corrected chi connectivity index (χ4v) is 4.26. The van der Waals surface area contributed by atoms with Gasteiger partial charge in [-0.25, -0.2) is 9.98 Å². The van der Waals surface area contributed by atoms with Crippen LogP contribution in [0.5, 0.6) is 0 Å². The number of fused-ring (bicyclic) bond motifs is 1. The van der Waals surface area contributed by atoms with Gasteiger partial charge in [-0.1, -0.05) is 0 Å².